The smallest absolute Gasteiger partial charge is 0.330 e. The monoisotopic (exact) mass is 478 g/mol. The van der Waals surface area contributed by atoms with E-state index in [1.807, 2.05) is 4.98 Å². The second-order valence-electron chi connectivity index (χ2n) is 5.75. The number of phosphoric ester groups is 1. The van der Waals surface area contributed by atoms with E-state index in [0.717, 1.165) is 12.3 Å². The molecule has 2 heterocycles. The molecule has 19 heteroatoms. The fourth-order valence-electron chi connectivity index (χ4n) is 2.30. The summed E-state index contributed by atoms with van der Waals surface area (Å²) in [6, 6.07) is 0.907. The molecule has 2 rings (SSSR count). The molecule has 16 nitrogen and oxygen atoms in total. The van der Waals surface area contributed by atoms with Crippen LogP contribution in [0.25, 0.3) is 0 Å². The molecule has 2 unspecified atom stereocenters. The van der Waals surface area contributed by atoms with Crippen LogP contribution >= 0.6 is 23.0 Å². The molecule has 0 amide bonds. The maximum atomic E-state index is 11.7. The molecule has 1 fully saturated rings. The summed E-state index contributed by atoms with van der Waals surface area (Å²) < 4.78 is 46.8. The Bertz CT molecular complexity index is 998. The van der Waals surface area contributed by atoms with Gasteiger partial charge >= 0.3 is 5.69 Å². The van der Waals surface area contributed by atoms with Gasteiger partial charge in [-0.15, -0.1) is 0 Å². The minimum absolute atomic E-state index is 0.689. The Labute approximate surface area is 160 Å². The largest absolute Gasteiger partial charge is 0.810 e. The van der Waals surface area contributed by atoms with Crippen molar-refractivity contribution in [1.82, 2.24) is 9.55 Å². The summed E-state index contributed by atoms with van der Waals surface area (Å²) in [6.07, 6.45) is -5.84. The molecule has 0 aromatic carbocycles. The van der Waals surface area contributed by atoms with Gasteiger partial charge in [-0.1, -0.05) is 7.60 Å². The van der Waals surface area contributed by atoms with E-state index in [-0.39, 0.29) is 0 Å². The standard InChI is InChI=1S/C10H17N2O14P3/c13-6-1-2-12(10(16)11-6)9-8(15)7(14)5(25-9)3-24-29(22,23)26-28(20,21)4-27(17,18)19/h1-2,5,7-9,14-15H,3-4H2,(H,20,21)(H,22,23)(H,11,13,16)(H2,17,18,19)/p-4/t5-,7-,8-,9-/m1/s1. The third-order valence-corrected chi connectivity index (χ3v) is 8.46. The molecule has 1 aromatic rings. The molecule has 0 spiro atoms. The average Bonchev–Trinajstić information content (AvgIpc) is 2.78. The molecule has 1 aliphatic rings. The maximum absolute atomic E-state index is 11.7. The first-order chi connectivity index (χ1) is 13.1. The van der Waals surface area contributed by atoms with Crippen molar-refractivity contribution in [2.45, 2.75) is 24.5 Å². The van der Waals surface area contributed by atoms with Gasteiger partial charge in [0.1, 0.15) is 25.9 Å². The lowest BCUT2D eigenvalue weighted by Crippen LogP contribution is -2.37. The second kappa shape index (κ2) is 8.63. The lowest BCUT2D eigenvalue weighted by Gasteiger charge is -2.38. The number of hydrogen-bond donors (Lipinski definition) is 3. The maximum Gasteiger partial charge on any atom is 0.330 e. The molecule has 0 saturated carbocycles. The van der Waals surface area contributed by atoms with Crippen LogP contribution in [0.3, 0.4) is 0 Å². The van der Waals surface area contributed by atoms with Gasteiger partial charge in [-0.3, -0.25) is 23.2 Å². The number of rotatable bonds is 8. The lowest BCUT2D eigenvalue weighted by molar-refractivity contribution is -0.312. The molecule has 0 aliphatic carbocycles. The quantitative estimate of drug-likeness (QED) is 0.296. The van der Waals surface area contributed by atoms with Crippen molar-refractivity contribution in [3.63, 3.8) is 0 Å². The number of H-pyrrole nitrogens is 1. The van der Waals surface area contributed by atoms with Crippen LogP contribution in [0.1, 0.15) is 6.23 Å². The van der Waals surface area contributed by atoms with Crippen LogP contribution in [-0.4, -0.2) is 50.6 Å². The molecular weight excluding hydrogens is 465 g/mol. The van der Waals surface area contributed by atoms with Crippen LogP contribution < -0.4 is 30.8 Å². The Morgan fingerprint density at radius 3 is 2.31 bits per heavy atom. The third-order valence-electron chi connectivity index (χ3n) is 3.43. The molecule has 0 radical (unpaired) electrons. The number of nitrogens with one attached hydrogen (secondary N) is 1. The highest BCUT2D eigenvalue weighted by molar-refractivity contribution is 7.71. The normalized spacial score (nSPS) is 29.3. The van der Waals surface area contributed by atoms with Crippen LogP contribution in [0.5, 0.6) is 0 Å². The molecule has 1 aliphatic heterocycles. The number of phosphoric acid groups is 1. The van der Waals surface area contributed by atoms with Gasteiger partial charge in [0.25, 0.3) is 13.4 Å². The van der Waals surface area contributed by atoms with Crippen molar-refractivity contribution >= 4 is 23.0 Å². The predicted molar refractivity (Wildman–Crippen MR) is 82.0 cm³/mol. The molecule has 29 heavy (non-hydrogen) atoms. The first-order valence-corrected chi connectivity index (χ1v) is 12.3. The van der Waals surface area contributed by atoms with Crippen molar-refractivity contribution in [3.8, 4) is 0 Å². The predicted octanol–water partition coefficient (Wildman–Crippen LogP) is -4.92. The van der Waals surface area contributed by atoms with E-state index in [4.69, 9.17) is 4.74 Å². The van der Waals surface area contributed by atoms with Crippen LogP contribution in [0, 0.1) is 0 Å². The van der Waals surface area contributed by atoms with Gasteiger partial charge in [0.05, 0.1) is 6.61 Å². The molecule has 6 atom stereocenters. The van der Waals surface area contributed by atoms with E-state index in [2.05, 4.69) is 8.83 Å². The molecule has 1 aromatic heterocycles. The van der Waals surface area contributed by atoms with Crippen molar-refractivity contribution in [2.24, 2.45) is 0 Å². The van der Waals surface area contributed by atoms with Gasteiger partial charge in [0.15, 0.2) is 6.23 Å². The highest BCUT2D eigenvalue weighted by atomic mass is 31.3. The number of aromatic amines is 1. The zero-order valence-electron chi connectivity index (χ0n) is 14.0. The van der Waals surface area contributed by atoms with Gasteiger partial charge in [-0.05, 0) is 0 Å². The second-order valence-corrected chi connectivity index (χ2v) is 11.1. The zero-order chi connectivity index (χ0) is 22.2. The Kier molecular flexibility index (Phi) is 7.23. The van der Waals surface area contributed by atoms with Crippen LogP contribution in [0.15, 0.2) is 21.9 Å². The van der Waals surface area contributed by atoms with Crippen molar-refractivity contribution in [3.05, 3.63) is 33.1 Å². The molecule has 1 saturated heterocycles. The third kappa shape index (κ3) is 6.76. The highest BCUT2D eigenvalue weighted by Gasteiger charge is 2.44. The van der Waals surface area contributed by atoms with Crippen LogP contribution in [-0.2, 0) is 27.3 Å². The summed E-state index contributed by atoms with van der Waals surface area (Å²) in [5.74, 6) is -2.12. The number of aliphatic hydroxyl groups is 2. The van der Waals surface area contributed by atoms with Crippen LogP contribution in [0.2, 0.25) is 0 Å². The van der Waals surface area contributed by atoms with E-state index in [0.29, 0.717) is 4.57 Å². The summed E-state index contributed by atoms with van der Waals surface area (Å²) in [7, 11) is -17.0. The Morgan fingerprint density at radius 2 is 1.76 bits per heavy atom. The summed E-state index contributed by atoms with van der Waals surface area (Å²) in [5.41, 5.74) is -1.77. The summed E-state index contributed by atoms with van der Waals surface area (Å²) in [5, 5.41) is 19.9. The Morgan fingerprint density at radius 1 is 1.14 bits per heavy atom. The Balaban J connectivity index is 2.06. The van der Waals surface area contributed by atoms with E-state index in [9.17, 15) is 53.1 Å². The summed E-state index contributed by atoms with van der Waals surface area (Å²) >= 11 is 0. The van der Waals surface area contributed by atoms with Gasteiger partial charge < -0.3 is 48.2 Å². The number of hydrogen-bond acceptors (Lipinski definition) is 14. The van der Waals surface area contributed by atoms with E-state index >= 15 is 0 Å². The molecule has 166 valence electrons. The minimum atomic E-state index is -5.72. The first-order valence-electron chi connectivity index (χ1n) is 7.41. The van der Waals surface area contributed by atoms with E-state index < -0.39 is 71.3 Å². The summed E-state index contributed by atoms with van der Waals surface area (Å²) in [4.78, 5) is 68.4. The number of aliphatic hydroxyl groups excluding tert-OH is 2. The highest BCUT2D eigenvalue weighted by Crippen LogP contribution is 2.59. The lowest BCUT2D eigenvalue weighted by atomic mass is 10.1. The first kappa shape index (κ1) is 24.3. The zero-order valence-corrected chi connectivity index (χ0v) is 16.6. The topological polar surface area (TPSA) is 266 Å². The van der Waals surface area contributed by atoms with E-state index in [1.165, 1.54) is 0 Å². The van der Waals surface area contributed by atoms with Gasteiger partial charge in [-0.25, -0.2) is 4.79 Å². The molecule has 3 N–H and O–H groups in total. The fourth-order valence-corrected chi connectivity index (χ4v) is 6.41. The van der Waals surface area contributed by atoms with Crippen LogP contribution in [0.4, 0.5) is 0 Å². The van der Waals surface area contributed by atoms with Crippen molar-refractivity contribution < 1.29 is 57.1 Å². The number of aromatic nitrogens is 2. The Hall–Kier alpha value is -0.990. The van der Waals surface area contributed by atoms with E-state index in [1.54, 1.807) is 0 Å². The number of ether oxygens (including phenoxy) is 1. The fraction of sp³-hybridized carbons (Fsp3) is 0.600. The average molecular weight is 478 g/mol. The van der Waals surface area contributed by atoms with Crippen molar-refractivity contribution in [1.29, 1.82) is 0 Å². The summed E-state index contributed by atoms with van der Waals surface area (Å²) in [6.45, 7) is -1.11. The van der Waals surface area contributed by atoms with Gasteiger partial charge in [-0.2, -0.15) is 0 Å². The molecule has 0 bridgehead atoms. The minimum Gasteiger partial charge on any atom is -0.810 e. The van der Waals surface area contributed by atoms with Crippen molar-refractivity contribution in [2.75, 3.05) is 12.5 Å². The number of nitrogens with zero attached hydrogens (tertiary/aromatic N) is 1. The molecular formula is C10H13N2O14P3-4. The van der Waals surface area contributed by atoms with Gasteiger partial charge in [0.2, 0.25) is 0 Å². The SMILES string of the molecule is O=c1ccn([C@@H]2O[C@H](COP(=O)([O-])OP(=O)([O-])CP(=O)([O-])[O-])[C@@H](O)[C@H]2O)c(=O)[nH]1. The van der Waals surface area contributed by atoms with Gasteiger partial charge in [0, 0.05) is 18.2 Å².